The zero-order valence-corrected chi connectivity index (χ0v) is 13.0. The number of ether oxygens (including phenoxy) is 1. The van der Waals surface area contributed by atoms with Crippen LogP contribution in [0.5, 0.6) is 0 Å². The van der Waals surface area contributed by atoms with Crippen LogP contribution in [0, 0.1) is 11.2 Å². The zero-order chi connectivity index (χ0) is 16.9. The van der Waals surface area contributed by atoms with Crippen molar-refractivity contribution in [2.75, 3.05) is 33.4 Å². The summed E-state index contributed by atoms with van der Waals surface area (Å²) in [6.07, 6.45) is 1.48. The molecule has 4 nitrogen and oxygen atoms in total. The van der Waals surface area contributed by atoms with E-state index >= 15 is 0 Å². The second-order valence-electron chi connectivity index (χ2n) is 5.95. The lowest BCUT2D eigenvalue weighted by molar-refractivity contribution is -0.147. The number of amides is 1. The highest BCUT2D eigenvalue weighted by atomic mass is 19.3. The van der Waals surface area contributed by atoms with Crippen LogP contribution in [-0.2, 0) is 15.5 Å². The lowest BCUT2D eigenvalue weighted by Crippen LogP contribution is -2.49. The second kappa shape index (κ2) is 7.31. The molecule has 2 rings (SSSR count). The van der Waals surface area contributed by atoms with E-state index in [1.54, 1.807) is 7.11 Å². The van der Waals surface area contributed by atoms with Gasteiger partial charge in [0.1, 0.15) is 5.82 Å². The molecule has 0 spiro atoms. The SMILES string of the molecule is COCC1(CNC(=O)C(F)(F)c2ccc(F)cc2)CCNCC1. The first-order chi connectivity index (χ1) is 10.9. The largest absolute Gasteiger partial charge is 0.384 e. The summed E-state index contributed by atoms with van der Waals surface area (Å²) in [7, 11) is 1.55. The number of carbonyl (C=O) groups excluding carboxylic acids is 1. The molecule has 128 valence electrons. The van der Waals surface area contributed by atoms with Crippen molar-refractivity contribution in [3.63, 3.8) is 0 Å². The Morgan fingerprint density at radius 1 is 1.30 bits per heavy atom. The third-order valence-electron chi connectivity index (χ3n) is 4.23. The maximum Gasteiger partial charge on any atom is 0.349 e. The first-order valence-corrected chi connectivity index (χ1v) is 7.51. The highest BCUT2D eigenvalue weighted by molar-refractivity contribution is 5.84. The normalized spacial score (nSPS) is 17.7. The van der Waals surface area contributed by atoms with Crippen LogP contribution in [0.3, 0.4) is 0 Å². The van der Waals surface area contributed by atoms with E-state index in [1.807, 2.05) is 0 Å². The summed E-state index contributed by atoms with van der Waals surface area (Å²) in [5.41, 5.74) is -0.864. The molecule has 1 aliphatic rings. The molecule has 1 aliphatic heterocycles. The van der Waals surface area contributed by atoms with Gasteiger partial charge in [-0.1, -0.05) is 0 Å². The van der Waals surface area contributed by atoms with Crippen LogP contribution in [0.4, 0.5) is 13.2 Å². The molecule has 0 saturated carbocycles. The van der Waals surface area contributed by atoms with Gasteiger partial charge in [-0.15, -0.1) is 0 Å². The van der Waals surface area contributed by atoms with E-state index in [2.05, 4.69) is 10.6 Å². The molecule has 23 heavy (non-hydrogen) atoms. The first-order valence-electron chi connectivity index (χ1n) is 7.51. The highest BCUT2D eigenvalue weighted by Gasteiger charge is 2.42. The number of benzene rings is 1. The van der Waals surface area contributed by atoms with Gasteiger partial charge in [0.25, 0.3) is 5.91 Å². The first kappa shape index (κ1) is 17.7. The fraction of sp³-hybridized carbons (Fsp3) is 0.562. The number of rotatable bonds is 6. The quantitative estimate of drug-likeness (QED) is 0.839. The molecule has 0 aromatic heterocycles. The minimum absolute atomic E-state index is 0.123. The van der Waals surface area contributed by atoms with E-state index in [4.69, 9.17) is 4.74 Å². The molecule has 2 N–H and O–H groups in total. The van der Waals surface area contributed by atoms with Crippen LogP contribution in [-0.4, -0.2) is 39.3 Å². The van der Waals surface area contributed by atoms with Gasteiger partial charge in [-0.25, -0.2) is 4.39 Å². The van der Waals surface area contributed by atoms with Crippen molar-refractivity contribution in [2.45, 2.75) is 18.8 Å². The molecular formula is C16H21F3N2O2. The summed E-state index contributed by atoms with van der Waals surface area (Å²) >= 11 is 0. The van der Waals surface area contributed by atoms with Crippen molar-refractivity contribution in [2.24, 2.45) is 5.41 Å². The van der Waals surface area contributed by atoms with Crippen molar-refractivity contribution in [3.8, 4) is 0 Å². The lowest BCUT2D eigenvalue weighted by Gasteiger charge is -2.37. The van der Waals surface area contributed by atoms with Crippen LogP contribution in [0.25, 0.3) is 0 Å². The fourth-order valence-corrected chi connectivity index (χ4v) is 2.80. The van der Waals surface area contributed by atoms with Gasteiger partial charge in [-0.3, -0.25) is 4.79 Å². The van der Waals surface area contributed by atoms with E-state index in [9.17, 15) is 18.0 Å². The Labute approximate surface area is 133 Å². The summed E-state index contributed by atoms with van der Waals surface area (Å²) in [5, 5.41) is 5.54. The monoisotopic (exact) mass is 330 g/mol. The van der Waals surface area contributed by atoms with Gasteiger partial charge in [-0.2, -0.15) is 8.78 Å². The topological polar surface area (TPSA) is 50.4 Å². The Balaban J connectivity index is 2.03. The van der Waals surface area contributed by atoms with Gasteiger partial charge >= 0.3 is 5.92 Å². The molecule has 0 aliphatic carbocycles. The smallest absolute Gasteiger partial charge is 0.349 e. The van der Waals surface area contributed by atoms with Crippen LogP contribution in [0.1, 0.15) is 18.4 Å². The molecule has 1 aromatic rings. The van der Waals surface area contributed by atoms with Crippen molar-refractivity contribution < 1.29 is 22.7 Å². The molecule has 0 bridgehead atoms. The fourth-order valence-electron chi connectivity index (χ4n) is 2.80. The molecule has 1 saturated heterocycles. The molecule has 1 aromatic carbocycles. The van der Waals surface area contributed by atoms with E-state index < -0.39 is 23.2 Å². The third-order valence-corrected chi connectivity index (χ3v) is 4.23. The Hall–Kier alpha value is -1.60. The standard InChI is InChI=1S/C16H21F3N2O2/c1-23-11-15(6-8-20-9-7-15)10-21-14(22)16(18,19)12-2-4-13(17)5-3-12/h2-5,20H,6-11H2,1H3,(H,21,22). The Morgan fingerprint density at radius 2 is 1.91 bits per heavy atom. The number of halogens is 3. The second-order valence-corrected chi connectivity index (χ2v) is 5.95. The molecule has 0 unspecified atom stereocenters. The minimum Gasteiger partial charge on any atom is -0.384 e. The molecule has 0 atom stereocenters. The summed E-state index contributed by atoms with van der Waals surface area (Å²) in [6, 6.07) is 3.67. The van der Waals surface area contributed by atoms with Gasteiger partial charge in [0, 0.05) is 24.6 Å². The van der Waals surface area contributed by atoms with Crippen molar-refractivity contribution in [1.82, 2.24) is 10.6 Å². The molecular weight excluding hydrogens is 309 g/mol. The van der Waals surface area contributed by atoms with Crippen molar-refractivity contribution >= 4 is 5.91 Å². The number of hydrogen-bond acceptors (Lipinski definition) is 3. The molecule has 1 fully saturated rings. The van der Waals surface area contributed by atoms with E-state index in [1.165, 1.54) is 0 Å². The summed E-state index contributed by atoms with van der Waals surface area (Å²) in [6.45, 7) is 2.04. The average molecular weight is 330 g/mol. The number of hydrogen-bond donors (Lipinski definition) is 2. The van der Waals surface area contributed by atoms with Gasteiger partial charge in [0.15, 0.2) is 0 Å². The van der Waals surface area contributed by atoms with Crippen LogP contribution in [0.15, 0.2) is 24.3 Å². The number of carbonyl (C=O) groups is 1. The number of alkyl halides is 2. The van der Waals surface area contributed by atoms with E-state index in [-0.39, 0.29) is 12.0 Å². The minimum atomic E-state index is -3.70. The Bertz CT molecular complexity index is 523. The van der Waals surface area contributed by atoms with Crippen LogP contribution < -0.4 is 10.6 Å². The Kier molecular flexibility index (Phi) is 5.64. The van der Waals surface area contributed by atoms with Gasteiger partial charge < -0.3 is 15.4 Å². The summed E-state index contributed by atoms with van der Waals surface area (Å²) in [5.74, 6) is -5.70. The zero-order valence-electron chi connectivity index (χ0n) is 13.0. The predicted octanol–water partition coefficient (Wildman–Crippen LogP) is 2.05. The highest BCUT2D eigenvalue weighted by Crippen LogP contribution is 2.31. The molecule has 7 heteroatoms. The Morgan fingerprint density at radius 3 is 2.48 bits per heavy atom. The van der Waals surface area contributed by atoms with Crippen LogP contribution >= 0.6 is 0 Å². The maximum absolute atomic E-state index is 14.2. The third kappa shape index (κ3) is 4.23. The lowest BCUT2D eigenvalue weighted by atomic mass is 9.79. The van der Waals surface area contributed by atoms with Crippen molar-refractivity contribution in [1.29, 1.82) is 0 Å². The number of piperidine rings is 1. The molecule has 0 radical (unpaired) electrons. The van der Waals surface area contributed by atoms with Gasteiger partial charge in [-0.05, 0) is 50.2 Å². The number of methoxy groups -OCH3 is 1. The maximum atomic E-state index is 14.2. The van der Waals surface area contributed by atoms with Crippen LogP contribution in [0.2, 0.25) is 0 Å². The summed E-state index contributed by atoms with van der Waals surface area (Å²) in [4.78, 5) is 11.9. The molecule has 1 amide bonds. The average Bonchev–Trinajstić information content (AvgIpc) is 2.54. The number of nitrogens with one attached hydrogen (secondary N) is 2. The van der Waals surface area contributed by atoms with Gasteiger partial charge in [0.05, 0.1) is 6.61 Å². The summed E-state index contributed by atoms with van der Waals surface area (Å²) < 4.78 is 46.4. The van der Waals surface area contributed by atoms with E-state index in [0.717, 1.165) is 50.2 Å². The predicted molar refractivity (Wildman–Crippen MR) is 79.7 cm³/mol. The van der Waals surface area contributed by atoms with E-state index in [0.29, 0.717) is 6.61 Å². The molecule has 1 heterocycles. The van der Waals surface area contributed by atoms with Gasteiger partial charge in [0.2, 0.25) is 0 Å². The van der Waals surface area contributed by atoms with Crippen molar-refractivity contribution in [3.05, 3.63) is 35.6 Å².